The van der Waals surface area contributed by atoms with Crippen LogP contribution in [0, 0.1) is 11.3 Å². The van der Waals surface area contributed by atoms with Crippen LogP contribution in [0.2, 0.25) is 0 Å². The molecule has 0 aliphatic heterocycles. The number of hydrogen-bond donors (Lipinski definition) is 1. The minimum Gasteiger partial charge on any atom is -0.493 e. The fourth-order valence-corrected chi connectivity index (χ4v) is 3.34. The maximum atomic E-state index is 12.4. The number of hydrogen-bond acceptors (Lipinski definition) is 6. The summed E-state index contributed by atoms with van der Waals surface area (Å²) in [5.41, 5.74) is 2.79. The summed E-state index contributed by atoms with van der Waals surface area (Å²) in [7, 11) is 1.46. The first-order valence-corrected chi connectivity index (χ1v) is 11.3. The van der Waals surface area contributed by atoms with Crippen molar-refractivity contribution in [1.82, 2.24) is 5.32 Å². The van der Waals surface area contributed by atoms with Crippen molar-refractivity contribution < 1.29 is 23.5 Å². The highest BCUT2D eigenvalue weighted by atomic mass is 16.6. The number of esters is 1. The molecule has 1 aromatic heterocycles. The molecule has 2 aromatic carbocycles. The minimum atomic E-state index is -0.528. The fourth-order valence-electron chi connectivity index (χ4n) is 3.34. The predicted octanol–water partition coefficient (Wildman–Crippen LogP) is 5.17. The number of nitrogens with one attached hydrogen (secondary N) is 1. The van der Waals surface area contributed by atoms with E-state index in [-0.39, 0.29) is 30.3 Å². The molecule has 0 spiro atoms. The third kappa shape index (κ3) is 7.34. The Balaban J connectivity index is 1.61. The Kier molecular flexibility index (Phi) is 8.85. The number of aryl methyl sites for hydroxylation is 1. The zero-order chi connectivity index (χ0) is 25.2. The van der Waals surface area contributed by atoms with Gasteiger partial charge in [0, 0.05) is 6.42 Å². The molecule has 35 heavy (non-hydrogen) atoms. The number of amides is 1. The second-order valence-electron chi connectivity index (χ2n) is 8.21. The number of methoxy groups -OCH3 is 1. The molecule has 1 heterocycles. The van der Waals surface area contributed by atoms with Gasteiger partial charge in [-0.2, -0.15) is 5.26 Å². The lowest BCUT2D eigenvalue weighted by Crippen LogP contribution is -2.23. The Morgan fingerprint density at radius 2 is 1.89 bits per heavy atom. The summed E-state index contributed by atoms with van der Waals surface area (Å²) in [6.45, 7) is 4.45. The van der Waals surface area contributed by atoms with Crippen LogP contribution >= 0.6 is 0 Å². The first-order chi connectivity index (χ1) is 16.9. The third-order valence-corrected chi connectivity index (χ3v) is 5.36. The van der Waals surface area contributed by atoms with Crippen molar-refractivity contribution in [3.63, 3.8) is 0 Å². The molecule has 1 amide bonds. The third-order valence-electron chi connectivity index (χ3n) is 5.36. The number of benzene rings is 2. The van der Waals surface area contributed by atoms with Crippen LogP contribution in [0.5, 0.6) is 11.5 Å². The van der Waals surface area contributed by atoms with Crippen molar-refractivity contribution in [2.24, 2.45) is 0 Å². The predicted molar refractivity (Wildman–Crippen MR) is 132 cm³/mol. The Labute approximate surface area is 205 Å². The van der Waals surface area contributed by atoms with Gasteiger partial charge in [0.25, 0.3) is 5.91 Å². The SMILES string of the molecule is COc1cc(/C=C(\C#N)C(=O)NCc2ccco2)ccc1OC(=O)CCc1ccc(C(C)C)cc1. The lowest BCUT2D eigenvalue weighted by Gasteiger charge is -2.11. The van der Waals surface area contributed by atoms with Crippen molar-refractivity contribution in [3.8, 4) is 17.6 Å². The van der Waals surface area contributed by atoms with Crippen LogP contribution in [0.15, 0.2) is 70.9 Å². The van der Waals surface area contributed by atoms with Crippen molar-refractivity contribution >= 4 is 18.0 Å². The average Bonchev–Trinajstić information content (AvgIpc) is 3.39. The second-order valence-corrected chi connectivity index (χ2v) is 8.21. The van der Waals surface area contributed by atoms with Gasteiger partial charge in [0.05, 0.1) is 19.9 Å². The van der Waals surface area contributed by atoms with Crippen LogP contribution in [-0.4, -0.2) is 19.0 Å². The topological polar surface area (TPSA) is 102 Å². The highest BCUT2D eigenvalue weighted by Crippen LogP contribution is 2.29. The van der Waals surface area contributed by atoms with E-state index in [1.807, 2.05) is 18.2 Å². The smallest absolute Gasteiger partial charge is 0.311 e. The number of carbonyl (C=O) groups is 2. The van der Waals surface area contributed by atoms with E-state index in [4.69, 9.17) is 13.9 Å². The van der Waals surface area contributed by atoms with E-state index in [9.17, 15) is 14.9 Å². The molecule has 180 valence electrons. The molecule has 0 saturated carbocycles. The van der Waals surface area contributed by atoms with Gasteiger partial charge in [0.15, 0.2) is 11.5 Å². The van der Waals surface area contributed by atoms with Crippen molar-refractivity contribution in [2.75, 3.05) is 7.11 Å². The van der Waals surface area contributed by atoms with Crippen LogP contribution in [-0.2, 0) is 22.6 Å². The Morgan fingerprint density at radius 1 is 1.11 bits per heavy atom. The number of furan rings is 1. The standard InChI is InChI=1S/C28H28N2O5/c1-19(2)22-10-6-20(7-11-22)9-13-27(31)35-25-12-8-21(16-26(25)33-3)15-23(17-29)28(32)30-18-24-5-4-14-34-24/h4-8,10-12,14-16,19H,9,13,18H2,1-3H3,(H,30,32)/b23-15+. The molecular formula is C28H28N2O5. The number of carbonyl (C=O) groups excluding carboxylic acids is 2. The molecule has 0 aliphatic carbocycles. The Morgan fingerprint density at radius 3 is 2.51 bits per heavy atom. The zero-order valence-corrected chi connectivity index (χ0v) is 20.0. The summed E-state index contributed by atoms with van der Waals surface area (Å²) >= 11 is 0. The van der Waals surface area contributed by atoms with Gasteiger partial charge in [-0.05, 0) is 59.4 Å². The van der Waals surface area contributed by atoms with Gasteiger partial charge < -0.3 is 19.2 Å². The summed E-state index contributed by atoms with van der Waals surface area (Å²) in [6, 6.07) is 18.4. The summed E-state index contributed by atoms with van der Waals surface area (Å²) in [6.07, 6.45) is 3.73. The monoisotopic (exact) mass is 472 g/mol. The van der Waals surface area contributed by atoms with Crippen molar-refractivity contribution in [1.29, 1.82) is 5.26 Å². The highest BCUT2D eigenvalue weighted by molar-refractivity contribution is 6.01. The van der Waals surface area contributed by atoms with Crippen LogP contribution in [0.4, 0.5) is 0 Å². The largest absolute Gasteiger partial charge is 0.493 e. The van der Waals surface area contributed by atoms with Gasteiger partial charge in [-0.25, -0.2) is 0 Å². The molecule has 0 atom stereocenters. The first-order valence-electron chi connectivity index (χ1n) is 11.3. The Bertz CT molecular complexity index is 1220. The lowest BCUT2D eigenvalue weighted by atomic mass is 10.0. The molecule has 7 nitrogen and oxygen atoms in total. The number of rotatable bonds is 10. The van der Waals surface area contributed by atoms with E-state index in [1.54, 1.807) is 30.3 Å². The number of nitrogens with zero attached hydrogens (tertiary/aromatic N) is 1. The van der Waals surface area contributed by atoms with E-state index < -0.39 is 5.91 Å². The molecule has 7 heteroatoms. The zero-order valence-electron chi connectivity index (χ0n) is 20.0. The van der Waals surface area contributed by atoms with Crippen molar-refractivity contribution in [2.45, 2.75) is 39.2 Å². The van der Waals surface area contributed by atoms with E-state index >= 15 is 0 Å². The summed E-state index contributed by atoms with van der Waals surface area (Å²) in [5.74, 6) is 0.720. The van der Waals surface area contributed by atoms with E-state index in [0.29, 0.717) is 29.4 Å². The van der Waals surface area contributed by atoms with Crippen molar-refractivity contribution in [3.05, 3.63) is 88.9 Å². The maximum Gasteiger partial charge on any atom is 0.311 e. The lowest BCUT2D eigenvalue weighted by molar-refractivity contribution is -0.134. The molecule has 0 saturated heterocycles. The molecule has 1 N–H and O–H groups in total. The first kappa shape index (κ1) is 25.3. The van der Waals surface area contributed by atoms with E-state index in [1.165, 1.54) is 25.0 Å². The normalized spacial score (nSPS) is 11.1. The quantitative estimate of drug-likeness (QED) is 0.189. The van der Waals surface area contributed by atoms with E-state index in [0.717, 1.165) is 5.56 Å². The highest BCUT2D eigenvalue weighted by Gasteiger charge is 2.13. The number of ether oxygens (including phenoxy) is 2. The maximum absolute atomic E-state index is 12.4. The van der Waals surface area contributed by atoms with Crippen LogP contribution in [0.3, 0.4) is 0 Å². The molecule has 3 rings (SSSR count). The van der Waals surface area contributed by atoms with Crippen LogP contribution < -0.4 is 14.8 Å². The van der Waals surface area contributed by atoms with Gasteiger partial charge in [-0.15, -0.1) is 0 Å². The molecular weight excluding hydrogens is 444 g/mol. The van der Waals surface area contributed by atoms with Gasteiger partial charge in [-0.3, -0.25) is 9.59 Å². The van der Waals surface area contributed by atoms with Gasteiger partial charge in [0.2, 0.25) is 0 Å². The Hall–Kier alpha value is -4.31. The van der Waals surface area contributed by atoms with Gasteiger partial charge in [-0.1, -0.05) is 44.2 Å². The van der Waals surface area contributed by atoms with Gasteiger partial charge in [0.1, 0.15) is 17.4 Å². The molecule has 0 radical (unpaired) electrons. The van der Waals surface area contributed by atoms with E-state index in [2.05, 4.69) is 31.3 Å². The molecule has 0 bridgehead atoms. The molecule has 0 aliphatic rings. The second kappa shape index (κ2) is 12.2. The van der Waals surface area contributed by atoms with Crippen LogP contribution in [0.1, 0.15) is 48.6 Å². The summed E-state index contributed by atoms with van der Waals surface area (Å²) in [4.78, 5) is 24.7. The molecule has 0 fully saturated rings. The minimum absolute atomic E-state index is 0.0770. The summed E-state index contributed by atoms with van der Waals surface area (Å²) < 4.78 is 16.0. The van der Waals surface area contributed by atoms with Crippen LogP contribution in [0.25, 0.3) is 6.08 Å². The number of nitriles is 1. The molecule has 0 unspecified atom stereocenters. The summed E-state index contributed by atoms with van der Waals surface area (Å²) in [5, 5.41) is 12.0. The average molecular weight is 473 g/mol. The molecule has 3 aromatic rings. The fraction of sp³-hybridized carbons (Fsp3) is 0.250. The van der Waals surface area contributed by atoms with Gasteiger partial charge >= 0.3 is 5.97 Å².